The first-order valence-corrected chi connectivity index (χ1v) is 10.1. The summed E-state index contributed by atoms with van der Waals surface area (Å²) in [6, 6.07) is 13.4. The van der Waals surface area contributed by atoms with Crippen LogP contribution in [0.25, 0.3) is 0 Å². The zero-order valence-corrected chi connectivity index (χ0v) is 15.1. The van der Waals surface area contributed by atoms with Crippen molar-refractivity contribution in [3.05, 3.63) is 66.7 Å². The highest BCUT2D eigenvalue weighted by Crippen LogP contribution is 2.29. The third-order valence-electron chi connectivity index (χ3n) is 3.35. The van der Waals surface area contributed by atoms with Crippen molar-refractivity contribution in [3.63, 3.8) is 0 Å². The van der Waals surface area contributed by atoms with E-state index in [9.17, 15) is 13.2 Å². The van der Waals surface area contributed by atoms with Gasteiger partial charge in [-0.3, -0.25) is 9.52 Å². The molecule has 0 saturated carbocycles. The summed E-state index contributed by atoms with van der Waals surface area (Å²) in [7, 11) is -3.71. The quantitative estimate of drug-likeness (QED) is 0.513. The number of hydrogen-bond acceptors (Lipinski definition) is 4. The third kappa shape index (κ3) is 5.65. The Balaban J connectivity index is 2.16. The van der Waals surface area contributed by atoms with Crippen LogP contribution >= 0.6 is 11.8 Å². The molecule has 25 heavy (non-hydrogen) atoms. The van der Waals surface area contributed by atoms with Crippen molar-refractivity contribution in [2.45, 2.75) is 22.6 Å². The minimum Gasteiger partial charge on any atom is -0.481 e. The van der Waals surface area contributed by atoms with Gasteiger partial charge in [-0.05, 0) is 36.2 Å². The second-order valence-corrected chi connectivity index (χ2v) is 7.98. The largest absolute Gasteiger partial charge is 0.481 e. The molecule has 0 aromatic heterocycles. The minimum absolute atomic E-state index is 0.0122. The van der Waals surface area contributed by atoms with E-state index in [0.29, 0.717) is 17.9 Å². The number of thioether (sulfide) groups is 1. The average Bonchev–Trinajstić information content (AvgIpc) is 2.59. The van der Waals surface area contributed by atoms with Crippen molar-refractivity contribution in [3.8, 4) is 0 Å². The summed E-state index contributed by atoms with van der Waals surface area (Å²) in [5.41, 5.74) is 1.30. The number of carboxylic acids is 1. The molecule has 0 atom stereocenters. The molecule has 2 aromatic rings. The number of rotatable bonds is 9. The Morgan fingerprint density at radius 2 is 1.84 bits per heavy atom. The zero-order chi connectivity index (χ0) is 18.3. The standard InChI is InChI=1S/C18H19NO4S2/c1-2-13-24-17-6-4-3-5-16(17)19-25(22,23)15-10-7-14(8-11-15)9-12-18(20)21/h2-8,10-11,19H,1,9,12-13H2,(H,20,21). The van der Waals surface area contributed by atoms with Crippen LogP contribution in [0.4, 0.5) is 5.69 Å². The molecular weight excluding hydrogens is 358 g/mol. The van der Waals surface area contributed by atoms with E-state index in [1.54, 1.807) is 30.3 Å². The number of sulfonamides is 1. The van der Waals surface area contributed by atoms with E-state index < -0.39 is 16.0 Å². The molecule has 0 saturated heterocycles. The van der Waals surface area contributed by atoms with E-state index in [1.165, 1.54) is 23.9 Å². The molecule has 0 bridgehead atoms. The van der Waals surface area contributed by atoms with Crippen LogP contribution in [0.1, 0.15) is 12.0 Å². The van der Waals surface area contributed by atoms with E-state index in [2.05, 4.69) is 11.3 Å². The SMILES string of the molecule is C=CCSc1ccccc1NS(=O)(=O)c1ccc(CCC(=O)O)cc1. The van der Waals surface area contributed by atoms with Crippen LogP contribution < -0.4 is 4.72 Å². The summed E-state index contributed by atoms with van der Waals surface area (Å²) in [6.07, 6.45) is 2.13. The van der Waals surface area contributed by atoms with Gasteiger partial charge in [0.1, 0.15) is 0 Å². The molecular formula is C18H19NO4S2. The number of carboxylic acid groups (broad SMARTS) is 1. The molecule has 132 valence electrons. The third-order valence-corrected chi connectivity index (χ3v) is 5.80. The fraction of sp³-hybridized carbons (Fsp3) is 0.167. The van der Waals surface area contributed by atoms with Crippen molar-refractivity contribution in [1.82, 2.24) is 0 Å². The smallest absolute Gasteiger partial charge is 0.303 e. The van der Waals surface area contributed by atoms with E-state index in [-0.39, 0.29) is 11.3 Å². The summed E-state index contributed by atoms with van der Waals surface area (Å²) in [4.78, 5) is 11.6. The molecule has 0 aliphatic heterocycles. The number of nitrogens with one attached hydrogen (secondary N) is 1. The maximum absolute atomic E-state index is 12.6. The monoisotopic (exact) mass is 377 g/mol. The van der Waals surface area contributed by atoms with E-state index in [4.69, 9.17) is 5.11 Å². The van der Waals surface area contributed by atoms with Gasteiger partial charge in [-0.15, -0.1) is 18.3 Å². The van der Waals surface area contributed by atoms with Crippen LogP contribution in [-0.4, -0.2) is 25.2 Å². The fourth-order valence-corrected chi connectivity index (χ4v) is 4.01. The molecule has 2 N–H and O–H groups in total. The molecule has 0 amide bonds. The molecule has 2 aromatic carbocycles. The van der Waals surface area contributed by atoms with Crippen LogP contribution in [0, 0.1) is 0 Å². The molecule has 0 spiro atoms. The van der Waals surface area contributed by atoms with Gasteiger partial charge in [-0.1, -0.05) is 30.3 Å². The maximum atomic E-state index is 12.6. The topological polar surface area (TPSA) is 83.5 Å². The summed E-state index contributed by atoms with van der Waals surface area (Å²) < 4.78 is 27.7. The number of aliphatic carboxylic acids is 1. The van der Waals surface area contributed by atoms with E-state index in [1.807, 2.05) is 12.1 Å². The van der Waals surface area contributed by atoms with Gasteiger partial charge in [0.2, 0.25) is 0 Å². The van der Waals surface area contributed by atoms with Crippen LogP contribution in [-0.2, 0) is 21.2 Å². The van der Waals surface area contributed by atoms with Gasteiger partial charge in [0.15, 0.2) is 0 Å². The van der Waals surface area contributed by atoms with Gasteiger partial charge in [-0.25, -0.2) is 8.42 Å². The second kappa shape index (κ2) is 8.73. The Kier molecular flexibility index (Phi) is 6.66. The first kappa shape index (κ1) is 19.1. The Hall–Kier alpha value is -2.25. The van der Waals surface area contributed by atoms with Crippen LogP contribution in [0.2, 0.25) is 0 Å². The molecule has 0 heterocycles. The molecule has 0 aliphatic carbocycles. The van der Waals surface area contributed by atoms with Crippen molar-refractivity contribution in [2.75, 3.05) is 10.5 Å². The lowest BCUT2D eigenvalue weighted by molar-refractivity contribution is -0.136. The highest BCUT2D eigenvalue weighted by molar-refractivity contribution is 7.99. The molecule has 7 heteroatoms. The Bertz CT molecular complexity index is 846. The van der Waals surface area contributed by atoms with Gasteiger partial charge in [0.25, 0.3) is 10.0 Å². The van der Waals surface area contributed by atoms with E-state index in [0.717, 1.165) is 10.5 Å². The summed E-state index contributed by atoms with van der Waals surface area (Å²) >= 11 is 1.49. The van der Waals surface area contributed by atoms with Gasteiger partial charge in [0.05, 0.1) is 10.6 Å². The summed E-state index contributed by atoms with van der Waals surface area (Å²) in [6.45, 7) is 3.67. The molecule has 2 rings (SSSR count). The Labute approximate surface area is 151 Å². The number of hydrogen-bond donors (Lipinski definition) is 2. The Morgan fingerprint density at radius 1 is 1.16 bits per heavy atom. The van der Waals surface area contributed by atoms with Gasteiger partial charge >= 0.3 is 5.97 Å². The van der Waals surface area contributed by atoms with Gasteiger partial charge < -0.3 is 5.11 Å². The van der Waals surface area contributed by atoms with E-state index >= 15 is 0 Å². The minimum atomic E-state index is -3.71. The van der Waals surface area contributed by atoms with Gasteiger partial charge in [0, 0.05) is 17.1 Å². The lowest BCUT2D eigenvalue weighted by Gasteiger charge is -2.12. The zero-order valence-electron chi connectivity index (χ0n) is 13.5. The first-order valence-electron chi connectivity index (χ1n) is 7.58. The van der Waals surface area contributed by atoms with Crippen molar-refractivity contribution < 1.29 is 18.3 Å². The normalized spacial score (nSPS) is 11.0. The van der Waals surface area contributed by atoms with Crippen molar-refractivity contribution in [2.24, 2.45) is 0 Å². The number of benzene rings is 2. The highest BCUT2D eigenvalue weighted by Gasteiger charge is 2.16. The molecule has 0 fully saturated rings. The fourth-order valence-electron chi connectivity index (χ4n) is 2.12. The van der Waals surface area contributed by atoms with Crippen molar-refractivity contribution in [1.29, 1.82) is 0 Å². The summed E-state index contributed by atoms with van der Waals surface area (Å²) in [5, 5.41) is 8.70. The average molecular weight is 377 g/mol. The maximum Gasteiger partial charge on any atom is 0.303 e. The summed E-state index contributed by atoms with van der Waals surface area (Å²) in [5.74, 6) is -0.205. The highest BCUT2D eigenvalue weighted by atomic mass is 32.2. The Morgan fingerprint density at radius 3 is 2.48 bits per heavy atom. The van der Waals surface area contributed by atoms with Crippen LogP contribution in [0.3, 0.4) is 0 Å². The molecule has 5 nitrogen and oxygen atoms in total. The molecule has 0 unspecified atom stereocenters. The van der Waals surface area contributed by atoms with Crippen LogP contribution in [0.5, 0.6) is 0 Å². The molecule has 0 aliphatic rings. The predicted molar refractivity (Wildman–Crippen MR) is 101 cm³/mol. The number of para-hydroxylation sites is 1. The number of anilines is 1. The van der Waals surface area contributed by atoms with Crippen molar-refractivity contribution >= 4 is 33.4 Å². The second-order valence-electron chi connectivity index (χ2n) is 5.24. The lowest BCUT2D eigenvalue weighted by atomic mass is 10.1. The van der Waals surface area contributed by atoms with Crippen LogP contribution in [0.15, 0.2) is 71.0 Å². The lowest BCUT2D eigenvalue weighted by Crippen LogP contribution is -2.13. The molecule has 0 radical (unpaired) electrons. The first-order chi connectivity index (χ1) is 11.9. The number of aryl methyl sites for hydroxylation is 1. The van der Waals surface area contributed by atoms with Gasteiger partial charge in [-0.2, -0.15) is 0 Å². The number of carbonyl (C=O) groups is 1. The predicted octanol–water partition coefficient (Wildman–Crippen LogP) is 3.78.